The fraction of sp³-hybridized carbons (Fsp3) is 0.400. The third-order valence-corrected chi connectivity index (χ3v) is 8.24. The molecule has 216 valence electrons. The molecule has 0 saturated heterocycles. The van der Waals surface area contributed by atoms with Crippen LogP contribution >= 0.6 is 0 Å². The Morgan fingerprint density at radius 1 is 0.976 bits per heavy atom. The van der Waals surface area contributed by atoms with Gasteiger partial charge >= 0.3 is 11.9 Å². The van der Waals surface area contributed by atoms with Crippen LogP contribution in [-0.4, -0.2) is 36.6 Å². The van der Waals surface area contributed by atoms with E-state index in [1.807, 2.05) is 18.2 Å². The van der Waals surface area contributed by atoms with E-state index in [9.17, 15) is 14.4 Å². The van der Waals surface area contributed by atoms with Crippen molar-refractivity contribution in [3.05, 3.63) is 96.1 Å². The smallest absolute Gasteiger partial charge is 0.333 e. The molecule has 3 aromatic rings. The monoisotopic (exact) mass is 555 g/mol. The number of ether oxygens (including phenoxy) is 2. The van der Waals surface area contributed by atoms with Gasteiger partial charge in [0.25, 0.3) is 5.91 Å². The summed E-state index contributed by atoms with van der Waals surface area (Å²) in [5, 5.41) is 5.17. The number of carbonyl (C=O) groups excluding carboxylic acids is 3. The van der Waals surface area contributed by atoms with E-state index in [-0.39, 0.29) is 30.5 Å². The molecule has 0 aromatic heterocycles. The highest BCUT2D eigenvalue weighted by atomic mass is 16.5. The van der Waals surface area contributed by atoms with Gasteiger partial charge in [-0.2, -0.15) is 0 Å². The molecular weight excluding hydrogens is 514 g/mol. The number of carbonyl (C=O) groups is 3. The molecule has 0 radical (unpaired) electrons. The summed E-state index contributed by atoms with van der Waals surface area (Å²) in [6.45, 7) is 8.66. The first-order valence-corrected chi connectivity index (χ1v) is 14.6. The summed E-state index contributed by atoms with van der Waals surface area (Å²) in [7, 11) is 0. The molecule has 0 spiro atoms. The molecule has 1 aliphatic carbocycles. The van der Waals surface area contributed by atoms with Crippen LogP contribution in [0.5, 0.6) is 0 Å². The molecule has 1 saturated carbocycles. The third kappa shape index (κ3) is 7.63. The number of esters is 2. The number of rotatable bonds is 10. The van der Waals surface area contributed by atoms with Crippen molar-refractivity contribution in [3.63, 3.8) is 0 Å². The molecule has 6 nitrogen and oxygen atoms in total. The normalized spacial score (nSPS) is 20.0. The Morgan fingerprint density at radius 3 is 2.41 bits per heavy atom. The average molecular weight is 556 g/mol. The van der Waals surface area contributed by atoms with E-state index in [1.54, 1.807) is 37.3 Å². The summed E-state index contributed by atoms with van der Waals surface area (Å²) >= 11 is 0. The first kappa shape index (κ1) is 30.0. The summed E-state index contributed by atoms with van der Waals surface area (Å²) in [4.78, 5) is 38.5. The minimum atomic E-state index is -1.04. The van der Waals surface area contributed by atoms with Crippen molar-refractivity contribution in [1.82, 2.24) is 5.32 Å². The van der Waals surface area contributed by atoms with Crippen molar-refractivity contribution in [1.29, 1.82) is 0 Å². The zero-order valence-corrected chi connectivity index (χ0v) is 24.5. The van der Waals surface area contributed by atoms with Crippen molar-refractivity contribution >= 4 is 28.6 Å². The first-order valence-electron chi connectivity index (χ1n) is 14.6. The van der Waals surface area contributed by atoms with Crippen molar-refractivity contribution in [2.24, 2.45) is 11.8 Å². The molecule has 1 aliphatic rings. The lowest BCUT2D eigenvalue weighted by molar-refractivity contribution is -0.157. The molecule has 3 aromatic carbocycles. The SMILES string of the molecule is CCOC(=O)C/C=C/C(NC(=O)c1ccccc1)C(=O)O[C@@H]1C[C@H](C)CC[C@H]1C(C)(C)c1ccc2ccccc2c1. The summed E-state index contributed by atoms with van der Waals surface area (Å²) in [5.41, 5.74) is 1.39. The van der Waals surface area contributed by atoms with Crippen molar-refractivity contribution in [2.75, 3.05) is 6.61 Å². The number of fused-ring (bicyclic) bond motifs is 1. The fourth-order valence-corrected chi connectivity index (χ4v) is 5.83. The van der Waals surface area contributed by atoms with Crippen LogP contribution < -0.4 is 5.32 Å². The predicted molar refractivity (Wildman–Crippen MR) is 161 cm³/mol. The first-order chi connectivity index (χ1) is 19.7. The lowest BCUT2D eigenvalue weighted by Gasteiger charge is -2.44. The van der Waals surface area contributed by atoms with Gasteiger partial charge in [-0.25, -0.2) is 4.79 Å². The standard InChI is InChI=1S/C35H41NO5/c1-5-40-32(37)17-11-16-30(36-33(38)26-13-7-6-8-14-26)34(39)41-31-22-24(2)18-21-29(31)35(3,4)28-20-19-25-12-9-10-15-27(25)23-28/h6-16,19-20,23-24,29-31H,5,17-18,21-22H2,1-4H3,(H,36,38)/b16-11+/t24-,29-,30?,31-/m1/s1. The molecule has 0 bridgehead atoms. The van der Waals surface area contributed by atoms with Gasteiger partial charge in [0.15, 0.2) is 0 Å². The van der Waals surface area contributed by atoms with E-state index in [2.05, 4.69) is 56.4 Å². The Morgan fingerprint density at radius 2 is 1.68 bits per heavy atom. The van der Waals surface area contributed by atoms with E-state index >= 15 is 0 Å². The third-order valence-electron chi connectivity index (χ3n) is 8.24. The molecule has 1 N–H and O–H groups in total. The Labute approximate surface area is 243 Å². The second kappa shape index (κ2) is 13.6. The number of nitrogens with one attached hydrogen (secondary N) is 1. The van der Waals surface area contributed by atoms with E-state index in [0.717, 1.165) is 19.3 Å². The predicted octanol–water partition coefficient (Wildman–Crippen LogP) is 6.77. The largest absolute Gasteiger partial charge is 0.466 e. The average Bonchev–Trinajstić information content (AvgIpc) is 2.96. The molecule has 4 atom stereocenters. The van der Waals surface area contributed by atoms with E-state index in [0.29, 0.717) is 11.5 Å². The van der Waals surface area contributed by atoms with Gasteiger partial charge in [0.05, 0.1) is 13.0 Å². The van der Waals surface area contributed by atoms with Gasteiger partial charge in [-0.15, -0.1) is 0 Å². The highest BCUT2D eigenvalue weighted by Crippen LogP contribution is 2.44. The maximum atomic E-state index is 13.7. The maximum Gasteiger partial charge on any atom is 0.333 e. The Bertz CT molecular complexity index is 1380. The molecule has 41 heavy (non-hydrogen) atoms. The lowest BCUT2D eigenvalue weighted by Crippen LogP contribution is -2.47. The number of hydrogen-bond acceptors (Lipinski definition) is 5. The van der Waals surface area contributed by atoms with Crippen LogP contribution in [0.15, 0.2) is 84.9 Å². The second-order valence-corrected chi connectivity index (χ2v) is 11.5. The minimum Gasteiger partial charge on any atom is -0.466 e. The van der Waals surface area contributed by atoms with E-state index in [1.165, 1.54) is 22.4 Å². The van der Waals surface area contributed by atoms with Gasteiger partial charge in [0.2, 0.25) is 0 Å². The van der Waals surface area contributed by atoms with Gasteiger partial charge in [-0.05, 0) is 59.6 Å². The molecule has 1 amide bonds. The Balaban J connectivity index is 1.56. The molecule has 4 rings (SSSR count). The summed E-state index contributed by atoms with van der Waals surface area (Å²) in [6.07, 6.45) is 5.49. The van der Waals surface area contributed by atoms with Crippen LogP contribution in [0, 0.1) is 11.8 Å². The van der Waals surface area contributed by atoms with Gasteiger partial charge in [0.1, 0.15) is 12.1 Å². The summed E-state index contributed by atoms with van der Waals surface area (Å²) in [6, 6.07) is 22.6. The van der Waals surface area contributed by atoms with Gasteiger partial charge in [0, 0.05) is 11.5 Å². The molecule has 0 heterocycles. The minimum absolute atomic E-state index is 0.00307. The highest BCUT2D eigenvalue weighted by molar-refractivity contribution is 5.97. The van der Waals surface area contributed by atoms with Gasteiger partial charge in [-0.3, -0.25) is 9.59 Å². The fourth-order valence-electron chi connectivity index (χ4n) is 5.83. The van der Waals surface area contributed by atoms with Crippen molar-refractivity contribution < 1.29 is 23.9 Å². The lowest BCUT2D eigenvalue weighted by atomic mass is 9.64. The summed E-state index contributed by atoms with van der Waals surface area (Å²) in [5.74, 6) is -0.819. The van der Waals surface area contributed by atoms with Crippen LogP contribution in [0.2, 0.25) is 0 Å². The van der Waals surface area contributed by atoms with Crippen LogP contribution in [-0.2, 0) is 24.5 Å². The maximum absolute atomic E-state index is 13.7. The topological polar surface area (TPSA) is 81.7 Å². The zero-order chi connectivity index (χ0) is 29.4. The van der Waals surface area contributed by atoms with Crippen LogP contribution in [0.25, 0.3) is 10.8 Å². The number of benzene rings is 3. The molecule has 0 aliphatic heterocycles. The van der Waals surface area contributed by atoms with Crippen LogP contribution in [0.1, 0.15) is 69.3 Å². The van der Waals surface area contributed by atoms with E-state index in [4.69, 9.17) is 9.47 Å². The highest BCUT2D eigenvalue weighted by Gasteiger charge is 2.42. The molecule has 6 heteroatoms. The number of amides is 1. The molecular formula is C35H41NO5. The quantitative estimate of drug-likeness (QED) is 0.220. The Kier molecular flexibility index (Phi) is 9.98. The van der Waals surface area contributed by atoms with E-state index < -0.39 is 23.9 Å². The van der Waals surface area contributed by atoms with Gasteiger partial charge < -0.3 is 14.8 Å². The zero-order valence-electron chi connectivity index (χ0n) is 24.5. The number of hydrogen-bond donors (Lipinski definition) is 1. The van der Waals surface area contributed by atoms with Crippen LogP contribution in [0.3, 0.4) is 0 Å². The summed E-state index contributed by atoms with van der Waals surface area (Å²) < 4.78 is 11.2. The van der Waals surface area contributed by atoms with Crippen LogP contribution in [0.4, 0.5) is 0 Å². The Hall–Kier alpha value is -3.93. The van der Waals surface area contributed by atoms with Gasteiger partial charge in [-0.1, -0.05) is 100 Å². The molecule has 1 unspecified atom stereocenters. The second-order valence-electron chi connectivity index (χ2n) is 11.5. The molecule has 1 fully saturated rings. The van der Waals surface area contributed by atoms with Crippen molar-refractivity contribution in [2.45, 2.75) is 70.9 Å². The van der Waals surface area contributed by atoms with Crippen molar-refractivity contribution in [3.8, 4) is 0 Å².